The van der Waals surface area contributed by atoms with Crippen molar-refractivity contribution < 1.29 is 4.74 Å². The summed E-state index contributed by atoms with van der Waals surface area (Å²) in [7, 11) is 0. The highest BCUT2D eigenvalue weighted by molar-refractivity contribution is 4.82. The Hall–Kier alpha value is -0.0400. The zero-order valence-electron chi connectivity index (χ0n) is 7.38. The maximum absolute atomic E-state index is 5.64. The van der Waals surface area contributed by atoms with Crippen molar-refractivity contribution in [2.24, 2.45) is 11.8 Å². The molecule has 0 amide bonds. The van der Waals surface area contributed by atoms with Crippen molar-refractivity contribution in [3.8, 4) is 0 Å². The fourth-order valence-electron chi connectivity index (χ4n) is 2.71. The Morgan fingerprint density at radius 2 is 2.18 bits per heavy atom. The second-order valence-electron chi connectivity index (χ2n) is 4.02. The molecule has 3 atom stereocenters. The molecule has 1 aliphatic heterocycles. The Labute approximate surface area is 69.1 Å². The van der Waals surface area contributed by atoms with E-state index < -0.39 is 0 Å². The van der Waals surface area contributed by atoms with Gasteiger partial charge in [0.25, 0.3) is 0 Å². The summed E-state index contributed by atoms with van der Waals surface area (Å²) >= 11 is 0. The quantitative estimate of drug-likeness (QED) is 0.564. The van der Waals surface area contributed by atoms with Gasteiger partial charge < -0.3 is 4.74 Å². The van der Waals surface area contributed by atoms with Crippen LogP contribution in [0.3, 0.4) is 0 Å². The van der Waals surface area contributed by atoms with E-state index in [4.69, 9.17) is 4.74 Å². The Morgan fingerprint density at radius 1 is 1.27 bits per heavy atom. The molecule has 1 saturated carbocycles. The first-order valence-electron chi connectivity index (χ1n) is 5.01. The third-order valence-electron chi connectivity index (χ3n) is 3.46. The van der Waals surface area contributed by atoms with Gasteiger partial charge in [-0.1, -0.05) is 13.3 Å². The molecule has 1 aliphatic carbocycles. The minimum absolute atomic E-state index is 0.636. The molecule has 1 heteroatoms. The van der Waals surface area contributed by atoms with Crippen molar-refractivity contribution in [1.82, 2.24) is 0 Å². The summed E-state index contributed by atoms with van der Waals surface area (Å²) < 4.78 is 5.64. The number of hydrogen-bond acceptors (Lipinski definition) is 1. The van der Waals surface area contributed by atoms with Crippen LogP contribution in [0, 0.1) is 11.8 Å². The van der Waals surface area contributed by atoms with E-state index in [-0.39, 0.29) is 0 Å². The van der Waals surface area contributed by atoms with Crippen LogP contribution in [0.4, 0.5) is 0 Å². The smallest absolute Gasteiger partial charge is 0.0578 e. The summed E-state index contributed by atoms with van der Waals surface area (Å²) in [5, 5.41) is 0. The largest absolute Gasteiger partial charge is 0.378 e. The Kier molecular flexibility index (Phi) is 2.17. The summed E-state index contributed by atoms with van der Waals surface area (Å²) in [5.41, 5.74) is 0. The Bertz CT molecular complexity index is 133. The molecule has 2 rings (SSSR count). The van der Waals surface area contributed by atoms with E-state index in [1.807, 2.05) is 0 Å². The lowest BCUT2D eigenvalue weighted by Crippen LogP contribution is -2.35. The van der Waals surface area contributed by atoms with Gasteiger partial charge >= 0.3 is 0 Å². The first-order chi connectivity index (χ1) is 5.40. The van der Waals surface area contributed by atoms with Gasteiger partial charge in [-0.3, -0.25) is 0 Å². The van der Waals surface area contributed by atoms with Crippen LogP contribution in [0.1, 0.15) is 39.0 Å². The summed E-state index contributed by atoms with van der Waals surface area (Å²) in [6.45, 7) is 3.37. The van der Waals surface area contributed by atoms with Crippen molar-refractivity contribution in [3.05, 3.63) is 0 Å². The van der Waals surface area contributed by atoms with E-state index in [2.05, 4.69) is 6.92 Å². The van der Waals surface area contributed by atoms with Gasteiger partial charge in [0.05, 0.1) is 6.10 Å². The minimum atomic E-state index is 0.636. The van der Waals surface area contributed by atoms with Crippen LogP contribution in [-0.4, -0.2) is 12.7 Å². The molecule has 0 aromatic carbocycles. The molecule has 64 valence electrons. The topological polar surface area (TPSA) is 9.23 Å². The third kappa shape index (κ3) is 1.44. The zero-order chi connectivity index (χ0) is 7.68. The fourth-order valence-corrected chi connectivity index (χ4v) is 2.71. The summed E-state index contributed by atoms with van der Waals surface area (Å²) in [4.78, 5) is 0. The van der Waals surface area contributed by atoms with Crippen LogP contribution in [0.2, 0.25) is 0 Å². The predicted molar refractivity (Wildman–Crippen MR) is 45.5 cm³/mol. The van der Waals surface area contributed by atoms with Crippen molar-refractivity contribution in [2.45, 2.75) is 45.1 Å². The molecule has 1 nitrogen and oxygen atoms in total. The number of fused-ring (bicyclic) bond motifs is 2. The molecule has 1 saturated heterocycles. The zero-order valence-corrected chi connectivity index (χ0v) is 7.38. The van der Waals surface area contributed by atoms with Gasteiger partial charge in [-0.15, -0.1) is 0 Å². The summed E-state index contributed by atoms with van der Waals surface area (Å²) in [6.07, 6.45) is 7.46. The molecular formula is C10H18O. The predicted octanol–water partition coefficient (Wildman–Crippen LogP) is 2.60. The monoisotopic (exact) mass is 154 g/mol. The van der Waals surface area contributed by atoms with Crippen LogP contribution in [0.15, 0.2) is 0 Å². The van der Waals surface area contributed by atoms with E-state index in [9.17, 15) is 0 Å². The number of hydrogen-bond donors (Lipinski definition) is 0. The molecule has 0 radical (unpaired) electrons. The molecule has 0 spiro atoms. The van der Waals surface area contributed by atoms with Gasteiger partial charge in [-0.2, -0.15) is 0 Å². The van der Waals surface area contributed by atoms with E-state index in [0.29, 0.717) is 6.10 Å². The number of ether oxygens (including phenoxy) is 1. The normalized spacial score (nSPS) is 43.9. The SMILES string of the molecule is CCC1CCC2CC1CCO2. The Balaban J connectivity index is 1.97. The average Bonchev–Trinajstić information content (AvgIpc) is 2.06. The van der Waals surface area contributed by atoms with Gasteiger partial charge in [-0.25, -0.2) is 0 Å². The van der Waals surface area contributed by atoms with Gasteiger partial charge in [0.1, 0.15) is 0 Å². The van der Waals surface area contributed by atoms with E-state index in [0.717, 1.165) is 18.4 Å². The molecule has 2 aliphatic rings. The van der Waals surface area contributed by atoms with Crippen molar-refractivity contribution in [1.29, 1.82) is 0 Å². The van der Waals surface area contributed by atoms with E-state index in [1.54, 1.807) is 0 Å². The van der Waals surface area contributed by atoms with Crippen molar-refractivity contribution in [3.63, 3.8) is 0 Å². The fraction of sp³-hybridized carbons (Fsp3) is 1.00. The molecule has 0 aromatic rings. The van der Waals surface area contributed by atoms with Crippen LogP contribution in [0.5, 0.6) is 0 Å². The van der Waals surface area contributed by atoms with Gasteiger partial charge in [0.15, 0.2) is 0 Å². The maximum atomic E-state index is 5.64. The first kappa shape index (κ1) is 7.60. The Morgan fingerprint density at radius 3 is 3.00 bits per heavy atom. The molecule has 11 heavy (non-hydrogen) atoms. The number of rotatable bonds is 1. The highest BCUT2D eigenvalue weighted by Gasteiger charge is 2.32. The molecule has 0 aromatic heterocycles. The summed E-state index contributed by atoms with van der Waals surface area (Å²) in [5.74, 6) is 2.03. The standard InChI is InChI=1S/C10H18O/c1-2-8-3-4-10-7-9(8)5-6-11-10/h8-10H,2-7H2,1H3. The second kappa shape index (κ2) is 3.14. The molecular weight excluding hydrogens is 136 g/mol. The second-order valence-corrected chi connectivity index (χ2v) is 4.02. The van der Waals surface area contributed by atoms with E-state index >= 15 is 0 Å². The van der Waals surface area contributed by atoms with Crippen LogP contribution in [-0.2, 0) is 4.74 Å². The van der Waals surface area contributed by atoms with Crippen molar-refractivity contribution >= 4 is 0 Å². The van der Waals surface area contributed by atoms with E-state index in [1.165, 1.54) is 32.1 Å². The molecule has 1 heterocycles. The minimum Gasteiger partial charge on any atom is -0.378 e. The van der Waals surface area contributed by atoms with Crippen LogP contribution in [0.25, 0.3) is 0 Å². The van der Waals surface area contributed by atoms with Crippen molar-refractivity contribution in [2.75, 3.05) is 6.61 Å². The third-order valence-corrected chi connectivity index (χ3v) is 3.46. The van der Waals surface area contributed by atoms with Gasteiger partial charge in [-0.05, 0) is 37.5 Å². The highest BCUT2D eigenvalue weighted by Crippen LogP contribution is 2.38. The lowest BCUT2D eigenvalue weighted by molar-refractivity contribution is -0.0559. The molecule has 2 bridgehead atoms. The molecule has 0 N–H and O–H groups in total. The molecule has 3 unspecified atom stereocenters. The average molecular weight is 154 g/mol. The van der Waals surface area contributed by atoms with Crippen LogP contribution >= 0.6 is 0 Å². The van der Waals surface area contributed by atoms with Gasteiger partial charge in [0, 0.05) is 6.61 Å². The lowest BCUT2D eigenvalue weighted by Gasteiger charge is -2.39. The first-order valence-corrected chi connectivity index (χ1v) is 5.01. The molecule has 2 fully saturated rings. The highest BCUT2D eigenvalue weighted by atomic mass is 16.5. The maximum Gasteiger partial charge on any atom is 0.0578 e. The summed E-state index contributed by atoms with van der Waals surface area (Å²) in [6, 6.07) is 0. The lowest BCUT2D eigenvalue weighted by atomic mass is 9.74. The van der Waals surface area contributed by atoms with Gasteiger partial charge in [0.2, 0.25) is 0 Å². The van der Waals surface area contributed by atoms with Crippen LogP contribution < -0.4 is 0 Å².